The molecule has 4 heteroatoms. The number of alkyl carbamates (subject to hydrolysis) is 1. The number of benzene rings is 1. The monoisotopic (exact) mass is 370 g/mol. The van der Waals surface area contributed by atoms with Crippen molar-refractivity contribution < 1.29 is 9.53 Å². The third-order valence-corrected chi connectivity index (χ3v) is 7.33. The number of likely N-dealkylation sites (tertiary alicyclic amines) is 1. The van der Waals surface area contributed by atoms with Crippen molar-refractivity contribution in [3.63, 3.8) is 0 Å². The van der Waals surface area contributed by atoms with Crippen molar-refractivity contribution in [1.29, 1.82) is 0 Å². The molecule has 1 aliphatic heterocycles. The highest BCUT2D eigenvalue weighted by Gasteiger charge is 2.46. The summed E-state index contributed by atoms with van der Waals surface area (Å²) >= 11 is 0. The molecule has 2 fully saturated rings. The van der Waals surface area contributed by atoms with Crippen LogP contribution in [0.1, 0.15) is 81.4 Å². The third kappa shape index (κ3) is 3.87. The summed E-state index contributed by atoms with van der Waals surface area (Å²) in [6.07, 6.45) is 13.0. The number of piperidine rings is 1. The van der Waals surface area contributed by atoms with Crippen molar-refractivity contribution in [1.82, 2.24) is 10.2 Å². The lowest BCUT2D eigenvalue weighted by Gasteiger charge is -2.44. The molecule has 1 atom stereocenters. The maximum atomic E-state index is 11.8. The van der Waals surface area contributed by atoms with E-state index in [4.69, 9.17) is 4.74 Å². The Hall–Kier alpha value is -1.55. The van der Waals surface area contributed by atoms with E-state index in [-0.39, 0.29) is 17.6 Å². The van der Waals surface area contributed by atoms with E-state index < -0.39 is 0 Å². The molecule has 0 bridgehead atoms. The predicted molar refractivity (Wildman–Crippen MR) is 108 cm³/mol. The summed E-state index contributed by atoms with van der Waals surface area (Å²) in [4.78, 5) is 14.6. The van der Waals surface area contributed by atoms with Crippen LogP contribution in [0.3, 0.4) is 0 Å². The Morgan fingerprint density at radius 3 is 2.44 bits per heavy atom. The normalized spacial score (nSPS) is 26.2. The number of fused-ring (bicyclic) bond motifs is 2. The van der Waals surface area contributed by atoms with Gasteiger partial charge in [-0.3, -0.25) is 0 Å². The van der Waals surface area contributed by atoms with Crippen LogP contribution in [-0.2, 0) is 10.2 Å². The van der Waals surface area contributed by atoms with E-state index in [0.29, 0.717) is 0 Å². The van der Waals surface area contributed by atoms with Crippen LogP contribution in [-0.4, -0.2) is 37.2 Å². The largest absolute Gasteiger partial charge is 0.453 e. The Bertz CT molecular complexity index is 644. The van der Waals surface area contributed by atoms with E-state index in [2.05, 4.69) is 34.5 Å². The zero-order valence-corrected chi connectivity index (χ0v) is 16.7. The van der Waals surface area contributed by atoms with Gasteiger partial charge in [0.2, 0.25) is 0 Å². The first-order chi connectivity index (χ1) is 13.2. The molecule has 1 saturated carbocycles. The quantitative estimate of drug-likeness (QED) is 0.802. The standard InChI is InChI=1S/C23H34N2O2/c1-27-22(26)24-21-17-23(20-12-8-7-11-19(20)21)13-15-25(16-14-23)18-9-5-3-2-4-6-10-18/h7-8,11-12,18,21H,2-6,9-10,13-17H2,1H3,(H,24,26)/t21-/m0/s1. The second kappa shape index (κ2) is 8.22. The summed E-state index contributed by atoms with van der Waals surface area (Å²) in [5.41, 5.74) is 2.98. The second-order valence-corrected chi connectivity index (χ2v) is 8.80. The molecule has 0 unspecified atom stereocenters. The van der Waals surface area contributed by atoms with Crippen molar-refractivity contribution in [3.05, 3.63) is 35.4 Å². The summed E-state index contributed by atoms with van der Waals surface area (Å²) in [5, 5.41) is 3.07. The molecule has 27 heavy (non-hydrogen) atoms. The molecule has 1 aromatic carbocycles. The van der Waals surface area contributed by atoms with Gasteiger partial charge in [0.15, 0.2) is 0 Å². The average molecular weight is 371 g/mol. The molecule has 4 nitrogen and oxygen atoms in total. The third-order valence-electron chi connectivity index (χ3n) is 7.33. The van der Waals surface area contributed by atoms with Gasteiger partial charge in [0.25, 0.3) is 0 Å². The van der Waals surface area contributed by atoms with Crippen LogP contribution in [0.25, 0.3) is 0 Å². The van der Waals surface area contributed by atoms with Crippen LogP contribution in [0.15, 0.2) is 24.3 Å². The molecule has 0 radical (unpaired) electrons. The lowest BCUT2D eigenvalue weighted by atomic mass is 9.73. The van der Waals surface area contributed by atoms with Gasteiger partial charge >= 0.3 is 6.09 Å². The first-order valence-corrected chi connectivity index (χ1v) is 10.9. The van der Waals surface area contributed by atoms with Crippen molar-refractivity contribution in [2.45, 2.75) is 81.7 Å². The van der Waals surface area contributed by atoms with E-state index in [9.17, 15) is 4.79 Å². The maximum absolute atomic E-state index is 11.8. The Balaban J connectivity index is 1.46. The topological polar surface area (TPSA) is 41.6 Å². The molecule has 3 aliphatic rings. The predicted octanol–water partition coefficient (Wildman–Crippen LogP) is 4.93. The van der Waals surface area contributed by atoms with Gasteiger partial charge in [0.05, 0.1) is 13.2 Å². The molecule has 1 N–H and O–H groups in total. The first-order valence-electron chi connectivity index (χ1n) is 10.9. The molecule has 1 spiro atoms. The summed E-state index contributed by atoms with van der Waals surface area (Å²) in [6, 6.07) is 9.60. The summed E-state index contributed by atoms with van der Waals surface area (Å²) in [6.45, 7) is 2.40. The Labute approximate surface area is 163 Å². The summed E-state index contributed by atoms with van der Waals surface area (Å²) in [7, 11) is 1.44. The number of ether oxygens (including phenoxy) is 1. The van der Waals surface area contributed by atoms with Gasteiger partial charge in [-0.15, -0.1) is 0 Å². The smallest absolute Gasteiger partial charge is 0.407 e. The zero-order chi connectivity index (χ0) is 18.7. The number of carbonyl (C=O) groups excluding carboxylic acids is 1. The van der Waals surface area contributed by atoms with Gasteiger partial charge in [0, 0.05) is 11.5 Å². The fraction of sp³-hybridized carbons (Fsp3) is 0.696. The van der Waals surface area contributed by atoms with Crippen molar-refractivity contribution in [2.24, 2.45) is 0 Å². The number of amides is 1. The fourth-order valence-electron chi connectivity index (χ4n) is 5.81. The highest BCUT2D eigenvalue weighted by atomic mass is 16.5. The molecular formula is C23H34N2O2. The van der Waals surface area contributed by atoms with Gasteiger partial charge in [-0.2, -0.15) is 0 Å². The zero-order valence-electron chi connectivity index (χ0n) is 16.7. The van der Waals surface area contributed by atoms with Gasteiger partial charge in [-0.05, 0) is 56.3 Å². The van der Waals surface area contributed by atoms with E-state index in [1.54, 1.807) is 0 Å². The average Bonchev–Trinajstić information content (AvgIpc) is 2.96. The second-order valence-electron chi connectivity index (χ2n) is 8.80. The van der Waals surface area contributed by atoms with Crippen LogP contribution in [0.4, 0.5) is 4.79 Å². The summed E-state index contributed by atoms with van der Waals surface area (Å²) in [5.74, 6) is 0. The molecule has 0 aromatic heterocycles. The summed E-state index contributed by atoms with van der Waals surface area (Å²) < 4.78 is 4.86. The number of methoxy groups -OCH3 is 1. The van der Waals surface area contributed by atoms with E-state index in [1.807, 2.05) is 0 Å². The Kier molecular flexibility index (Phi) is 5.72. The molecule has 2 aliphatic carbocycles. The molecule has 1 heterocycles. The van der Waals surface area contributed by atoms with Crippen LogP contribution in [0.2, 0.25) is 0 Å². The van der Waals surface area contributed by atoms with Crippen molar-refractivity contribution in [2.75, 3.05) is 20.2 Å². The van der Waals surface area contributed by atoms with E-state index in [0.717, 1.165) is 12.5 Å². The molecule has 1 aromatic rings. The minimum Gasteiger partial charge on any atom is -0.453 e. The van der Waals surface area contributed by atoms with Gasteiger partial charge in [-0.25, -0.2) is 4.79 Å². The minimum absolute atomic E-state index is 0.0848. The lowest BCUT2D eigenvalue weighted by Crippen LogP contribution is -2.46. The molecule has 1 amide bonds. The fourth-order valence-corrected chi connectivity index (χ4v) is 5.81. The van der Waals surface area contributed by atoms with Gasteiger partial charge < -0.3 is 15.0 Å². The van der Waals surface area contributed by atoms with Crippen molar-refractivity contribution in [3.8, 4) is 0 Å². The minimum atomic E-state index is -0.321. The highest BCUT2D eigenvalue weighted by molar-refractivity contribution is 5.68. The highest BCUT2D eigenvalue weighted by Crippen LogP contribution is 2.51. The lowest BCUT2D eigenvalue weighted by molar-refractivity contribution is 0.0947. The van der Waals surface area contributed by atoms with Crippen molar-refractivity contribution >= 4 is 6.09 Å². The SMILES string of the molecule is COC(=O)N[C@H]1CC2(CCN(C3CCCCCCC3)CC2)c2ccccc21. The van der Waals surface area contributed by atoms with E-state index >= 15 is 0 Å². The Morgan fingerprint density at radius 2 is 1.74 bits per heavy atom. The van der Waals surface area contributed by atoms with Crippen LogP contribution in [0, 0.1) is 0 Å². The maximum Gasteiger partial charge on any atom is 0.407 e. The molecule has 1 saturated heterocycles. The number of nitrogens with one attached hydrogen (secondary N) is 1. The Morgan fingerprint density at radius 1 is 1.07 bits per heavy atom. The van der Waals surface area contributed by atoms with Crippen LogP contribution >= 0.6 is 0 Å². The van der Waals surface area contributed by atoms with Gasteiger partial charge in [0.1, 0.15) is 0 Å². The van der Waals surface area contributed by atoms with E-state index in [1.165, 1.54) is 89.1 Å². The molecule has 148 valence electrons. The molecule has 4 rings (SSSR count). The number of rotatable bonds is 2. The van der Waals surface area contributed by atoms with Crippen LogP contribution in [0.5, 0.6) is 0 Å². The number of nitrogens with zero attached hydrogens (tertiary/aromatic N) is 1. The molecular weight excluding hydrogens is 336 g/mol. The van der Waals surface area contributed by atoms with Gasteiger partial charge in [-0.1, -0.05) is 56.4 Å². The first kappa shape index (κ1) is 18.8. The number of hydrogen-bond donors (Lipinski definition) is 1. The number of hydrogen-bond acceptors (Lipinski definition) is 3. The number of carbonyl (C=O) groups is 1. The van der Waals surface area contributed by atoms with Crippen LogP contribution < -0.4 is 5.32 Å².